The molecule has 6 heteroatoms. The van der Waals surface area contributed by atoms with Gasteiger partial charge in [-0.1, -0.05) is 11.6 Å². The van der Waals surface area contributed by atoms with Gasteiger partial charge in [0.1, 0.15) is 11.9 Å². The Bertz CT molecular complexity index is 541. The van der Waals surface area contributed by atoms with Gasteiger partial charge in [-0.05, 0) is 37.6 Å². The predicted molar refractivity (Wildman–Crippen MR) is 73.8 cm³/mol. The lowest BCUT2D eigenvalue weighted by molar-refractivity contribution is -0.133. The maximum absolute atomic E-state index is 13.4. The summed E-state index contributed by atoms with van der Waals surface area (Å²) in [7, 11) is 0.500. The molecule has 1 N–H and O–H groups in total. The topological polar surface area (TPSA) is 46.5 Å². The molecule has 0 bridgehead atoms. The van der Waals surface area contributed by atoms with Gasteiger partial charge >= 0.3 is 5.97 Å². The van der Waals surface area contributed by atoms with Crippen LogP contribution in [0.25, 0.3) is 6.08 Å². The Morgan fingerprint density at radius 2 is 2.05 bits per heavy atom. The molecule has 0 radical (unpaired) electrons. The Hall–Kier alpha value is -1.62. The van der Waals surface area contributed by atoms with Crippen molar-refractivity contribution in [3.63, 3.8) is 0 Å². The van der Waals surface area contributed by atoms with Gasteiger partial charge in [-0.25, -0.2) is 9.18 Å². The monoisotopic (exact) mass is 304 g/mol. The van der Waals surface area contributed by atoms with Crippen LogP contribution in [-0.4, -0.2) is 30.5 Å². The highest BCUT2D eigenvalue weighted by atomic mass is 35.5. The summed E-state index contributed by atoms with van der Waals surface area (Å²) in [6.45, 7) is 3.10. The first-order valence-corrected chi connectivity index (χ1v) is 6.21. The van der Waals surface area contributed by atoms with E-state index in [0.29, 0.717) is 23.5 Å². The van der Waals surface area contributed by atoms with Crippen LogP contribution in [0.3, 0.4) is 0 Å². The maximum Gasteiger partial charge on any atom is 0.335 e. The fraction of sp³-hybridized carbons (Fsp3) is 0.357. The highest BCUT2D eigenvalue weighted by Gasteiger charge is 2.33. The molecule has 0 saturated carbocycles. The Labute approximate surface area is 120 Å². The van der Waals surface area contributed by atoms with Crippen molar-refractivity contribution in [2.45, 2.75) is 26.1 Å². The van der Waals surface area contributed by atoms with E-state index in [4.69, 9.17) is 21.4 Å². The number of aliphatic carboxylic acids is 1. The molecule has 1 aromatic rings. The molecule has 1 aromatic carbocycles. The molecule has 0 aromatic heterocycles. The lowest BCUT2D eigenvalue weighted by Crippen LogP contribution is -2.34. The van der Waals surface area contributed by atoms with Crippen molar-refractivity contribution in [3.05, 3.63) is 33.9 Å². The molecule has 1 aliphatic heterocycles. The van der Waals surface area contributed by atoms with E-state index >= 15 is 0 Å². The highest BCUT2D eigenvalue weighted by molar-refractivity contribution is 6.32. The molecule has 0 saturated heterocycles. The van der Waals surface area contributed by atoms with Gasteiger partial charge in [0.05, 0.1) is 17.8 Å². The van der Waals surface area contributed by atoms with E-state index < -0.39 is 18.2 Å². The Morgan fingerprint density at radius 1 is 1.45 bits per heavy atom. The third kappa shape index (κ3) is 3.28. The van der Waals surface area contributed by atoms with Gasteiger partial charge in [-0.3, -0.25) is 4.39 Å². The number of carboxylic acids is 1. The van der Waals surface area contributed by atoms with E-state index in [1.54, 1.807) is 12.1 Å². The van der Waals surface area contributed by atoms with Crippen molar-refractivity contribution < 1.29 is 23.4 Å². The average molecular weight is 305 g/mol. The summed E-state index contributed by atoms with van der Waals surface area (Å²) in [5.74, 6) is -0.852. The summed E-state index contributed by atoms with van der Waals surface area (Å²) >= 11 is 6.02. The molecule has 2 atom stereocenters. The van der Waals surface area contributed by atoms with Gasteiger partial charge < -0.3 is 9.84 Å². The Balaban J connectivity index is 0.000000956. The number of fused-ring (bicyclic) bond motifs is 1. The number of ether oxygens (including phenoxy) is 1. The fourth-order valence-electron chi connectivity index (χ4n) is 1.95. The van der Waals surface area contributed by atoms with E-state index in [0.717, 1.165) is 5.56 Å². The molecule has 2 unspecified atom stereocenters. The summed E-state index contributed by atoms with van der Waals surface area (Å²) in [5.41, 5.74) is 1.35. The molecule has 3 nitrogen and oxygen atoms in total. The summed E-state index contributed by atoms with van der Waals surface area (Å²) < 4.78 is 28.3. The van der Waals surface area contributed by atoms with Gasteiger partial charge in [0.2, 0.25) is 0 Å². The molecular formula is C14H15ClF2O3. The van der Waals surface area contributed by atoms with Gasteiger partial charge in [-0.15, -0.1) is 0 Å². The third-order valence-electron chi connectivity index (χ3n) is 2.74. The average Bonchev–Trinajstić information content (AvgIpc) is 2.39. The zero-order chi connectivity index (χ0) is 15.4. The predicted octanol–water partition coefficient (Wildman–Crippen LogP) is 3.82. The first-order valence-electron chi connectivity index (χ1n) is 5.83. The van der Waals surface area contributed by atoms with Crippen LogP contribution in [0.5, 0.6) is 5.75 Å². The standard InChI is InChI=1S/C13H12ClFO3.CH3F/c1-6-3-8-5-9(13(16)17)11(7(2)15)18-12(8)10(14)4-6;1-2/h3-5,7,11H,1-2H3,(H,16,17);1H3. The van der Waals surface area contributed by atoms with Crippen molar-refractivity contribution in [3.8, 4) is 5.75 Å². The number of halogens is 3. The van der Waals surface area contributed by atoms with Crippen LogP contribution in [0.4, 0.5) is 8.78 Å². The number of aryl methyl sites for hydroxylation is 1. The number of rotatable bonds is 2. The van der Waals surface area contributed by atoms with Crippen LogP contribution < -0.4 is 4.74 Å². The molecule has 1 aliphatic rings. The van der Waals surface area contributed by atoms with E-state index in [2.05, 4.69) is 0 Å². The molecule has 20 heavy (non-hydrogen) atoms. The van der Waals surface area contributed by atoms with Crippen molar-refractivity contribution >= 4 is 23.6 Å². The van der Waals surface area contributed by atoms with Gasteiger partial charge in [-0.2, -0.15) is 0 Å². The van der Waals surface area contributed by atoms with Crippen LogP contribution in [-0.2, 0) is 4.79 Å². The number of alkyl halides is 2. The number of carboxylic acid groups (broad SMARTS) is 1. The van der Waals surface area contributed by atoms with Crippen LogP contribution in [0.2, 0.25) is 5.02 Å². The molecule has 0 fully saturated rings. The zero-order valence-electron chi connectivity index (χ0n) is 11.3. The van der Waals surface area contributed by atoms with E-state index in [1.165, 1.54) is 13.0 Å². The van der Waals surface area contributed by atoms with Crippen LogP contribution in [0.15, 0.2) is 17.7 Å². The number of benzene rings is 1. The van der Waals surface area contributed by atoms with E-state index in [9.17, 15) is 13.6 Å². The second-order valence-electron chi connectivity index (χ2n) is 4.29. The second-order valence-corrected chi connectivity index (χ2v) is 4.69. The number of hydrogen-bond donors (Lipinski definition) is 1. The van der Waals surface area contributed by atoms with Gasteiger partial charge in [0.15, 0.2) is 6.10 Å². The van der Waals surface area contributed by atoms with E-state index in [-0.39, 0.29) is 5.57 Å². The molecule has 0 aliphatic carbocycles. The van der Waals surface area contributed by atoms with Crippen molar-refractivity contribution in [1.82, 2.24) is 0 Å². The quantitative estimate of drug-likeness (QED) is 0.903. The smallest absolute Gasteiger partial charge is 0.335 e. The largest absolute Gasteiger partial charge is 0.480 e. The SMILES string of the molecule is CF.Cc1cc(Cl)c2c(c1)C=C(C(=O)O)C(C(C)F)O2. The van der Waals surface area contributed by atoms with E-state index in [1.807, 2.05) is 6.92 Å². The first-order chi connectivity index (χ1) is 9.40. The Kier molecular flexibility index (Phi) is 5.51. The minimum Gasteiger partial charge on any atom is -0.480 e. The first kappa shape index (κ1) is 16.4. The minimum absolute atomic E-state index is 0.0980. The van der Waals surface area contributed by atoms with Crippen molar-refractivity contribution in [2.75, 3.05) is 7.18 Å². The van der Waals surface area contributed by atoms with Crippen LogP contribution in [0, 0.1) is 6.92 Å². The summed E-state index contributed by atoms with van der Waals surface area (Å²) in [4.78, 5) is 11.1. The molecule has 110 valence electrons. The minimum atomic E-state index is -1.43. The molecule has 1 heterocycles. The molecule has 0 spiro atoms. The summed E-state index contributed by atoms with van der Waals surface area (Å²) in [5, 5.41) is 9.43. The van der Waals surface area contributed by atoms with Crippen LogP contribution in [0.1, 0.15) is 18.1 Å². The fourth-order valence-corrected chi connectivity index (χ4v) is 2.28. The number of carbonyl (C=O) groups is 1. The van der Waals surface area contributed by atoms with Gasteiger partial charge in [0.25, 0.3) is 0 Å². The third-order valence-corrected chi connectivity index (χ3v) is 3.02. The summed E-state index contributed by atoms with van der Waals surface area (Å²) in [6.07, 6.45) is -1.14. The highest BCUT2D eigenvalue weighted by Crippen LogP contribution is 2.38. The Morgan fingerprint density at radius 3 is 2.55 bits per heavy atom. The normalized spacial score (nSPS) is 17.9. The summed E-state index contributed by atoms with van der Waals surface area (Å²) in [6, 6.07) is 3.45. The molecule has 2 rings (SSSR count). The number of hydrogen-bond acceptors (Lipinski definition) is 2. The maximum atomic E-state index is 13.4. The van der Waals surface area contributed by atoms with Crippen molar-refractivity contribution in [2.24, 2.45) is 0 Å². The lowest BCUT2D eigenvalue weighted by Gasteiger charge is -2.27. The van der Waals surface area contributed by atoms with Gasteiger partial charge in [0, 0.05) is 5.56 Å². The van der Waals surface area contributed by atoms with Crippen molar-refractivity contribution in [1.29, 1.82) is 0 Å². The van der Waals surface area contributed by atoms with Crippen LogP contribution >= 0.6 is 11.6 Å². The second kappa shape index (κ2) is 6.70. The zero-order valence-corrected chi connectivity index (χ0v) is 12.0. The molecule has 0 amide bonds. The molecular weight excluding hydrogens is 290 g/mol. The lowest BCUT2D eigenvalue weighted by atomic mass is 9.98.